The fraction of sp³-hybridized carbons (Fsp3) is 0.294. The highest BCUT2D eigenvalue weighted by atomic mass is 19.1. The third-order valence-electron chi connectivity index (χ3n) is 4.05. The molecule has 0 saturated carbocycles. The summed E-state index contributed by atoms with van der Waals surface area (Å²) < 4.78 is 28.0. The van der Waals surface area contributed by atoms with Gasteiger partial charge in [-0.1, -0.05) is 12.1 Å². The molecule has 2 aromatic rings. The van der Waals surface area contributed by atoms with Crippen LogP contribution in [0.25, 0.3) is 0 Å². The van der Waals surface area contributed by atoms with Crippen molar-refractivity contribution >= 4 is 5.69 Å². The maximum Gasteiger partial charge on any atom is 0.152 e. The molecular weight excluding hydrogens is 272 g/mol. The number of hydrogen-bond acceptors (Lipinski definition) is 2. The monoisotopic (exact) mass is 289 g/mol. The summed E-state index contributed by atoms with van der Waals surface area (Å²) in [6, 6.07) is 7.71. The van der Waals surface area contributed by atoms with Gasteiger partial charge < -0.3 is 10.4 Å². The largest absolute Gasteiger partial charge is 0.508 e. The van der Waals surface area contributed by atoms with Gasteiger partial charge in [-0.2, -0.15) is 0 Å². The summed E-state index contributed by atoms with van der Waals surface area (Å²) in [4.78, 5) is 0. The van der Waals surface area contributed by atoms with E-state index in [4.69, 9.17) is 0 Å². The van der Waals surface area contributed by atoms with Gasteiger partial charge in [0.2, 0.25) is 0 Å². The number of phenols is 1. The Bertz CT molecular complexity index is 685. The molecule has 0 bridgehead atoms. The van der Waals surface area contributed by atoms with E-state index in [1.165, 1.54) is 12.1 Å². The van der Waals surface area contributed by atoms with Crippen molar-refractivity contribution < 1.29 is 13.9 Å². The number of aromatic hydroxyl groups is 1. The summed E-state index contributed by atoms with van der Waals surface area (Å²) in [5.41, 5.74) is 2.36. The number of nitrogens with one attached hydrogen (secondary N) is 1. The first-order valence-corrected chi connectivity index (χ1v) is 7.09. The fourth-order valence-electron chi connectivity index (χ4n) is 2.90. The number of rotatable bonds is 2. The summed E-state index contributed by atoms with van der Waals surface area (Å²) in [6.45, 7) is 1.61. The summed E-state index contributed by atoms with van der Waals surface area (Å²) in [6.07, 6.45) is 2.65. The van der Waals surface area contributed by atoms with Gasteiger partial charge in [0.15, 0.2) is 5.82 Å². The standard InChI is InChI=1S/C17H17F2NO/c1-10-5-8-14(18)17(16(10)19)20-15-4-2-3-11-6-7-12(21)9-13(11)15/h5-9,15,20-21H,2-4H2,1H3. The van der Waals surface area contributed by atoms with E-state index in [2.05, 4.69) is 5.32 Å². The zero-order valence-corrected chi connectivity index (χ0v) is 11.8. The maximum absolute atomic E-state index is 14.1. The Labute approximate surface area is 122 Å². The molecular formula is C17H17F2NO. The van der Waals surface area contributed by atoms with Crippen molar-refractivity contribution in [1.82, 2.24) is 0 Å². The summed E-state index contributed by atoms with van der Waals surface area (Å²) >= 11 is 0. The number of fused-ring (bicyclic) bond motifs is 1. The van der Waals surface area contributed by atoms with E-state index < -0.39 is 11.6 Å². The average Bonchev–Trinajstić information content (AvgIpc) is 2.48. The molecule has 110 valence electrons. The third kappa shape index (κ3) is 2.58. The lowest BCUT2D eigenvalue weighted by atomic mass is 9.87. The number of hydrogen-bond donors (Lipinski definition) is 2. The molecule has 0 heterocycles. The van der Waals surface area contributed by atoms with E-state index in [1.54, 1.807) is 19.1 Å². The highest BCUT2D eigenvalue weighted by molar-refractivity contribution is 5.52. The first-order chi connectivity index (χ1) is 10.1. The summed E-state index contributed by atoms with van der Waals surface area (Å²) in [5.74, 6) is -0.972. The van der Waals surface area contributed by atoms with E-state index in [0.29, 0.717) is 5.56 Å². The molecule has 4 heteroatoms. The molecule has 1 aliphatic carbocycles. The highest BCUT2D eigenvalue weighted by Gasteiger charge is 2.23. The number of anilines is 1. The van der Waals surface area contributed by atoms with Gasteiger partial charge in [-0.15, -0.1) is 0 Å². The fourth-order valence-corrected chi connectivity index (χ4v) is 2.90. The van der Waals surface area contributed by atoms with Crippen LogP contribution >= 0.6 is 0 Å². The van der Waals surface area contributed by atoms with Gasteiger partial charge in [-0.3, -0.25) is 0 Å². The van der Waals surface area contributed by atoms with Crippen LogP contribution in [0, 0.1) is 18.6 Å². The van der Waals surface area contributed by atoms with E-state index in [1.807, 2.05) is 6.07 Å². The first-order valence-electron chi connectivity index (χ1n) is 7.09. The second-order valence-corrected chi connectivity index (χ2v) is 5.53. The third-order valence-corrected chi connectivity index (χ3v) is 4.05. The van der Waals surface area contributed by atoms with Crippen LogP contribution < -0.4 is 5.32 Å². The van der Waals surface area contributed by atoms with Crippen LogP contribution in [0.1, 0.15) is 35.6 Å². The lowest BCUT2D eigenvalue weighted by Crippen LogP contribution is -2.19. The molecule has 0 aromatic heterocycles. The van der Waals surface area contributed by atoms with Crippen molar-refractivity contribution in [1.29, 1.82) is 0 Å². The number of benzene rings is 2. The van der Waals surface area contributed by atoms with Gasteiger partial charge in [-0.25, -0.2) is 8.78 Å². The Hall–Kier alpha value is -2.10. The second kappa shape index (κ2) is 5.35. The van der Waals surface area contributed by atoms with Gasteiger partial charge in [0, 0.05) is 0 Å². The van der Waals surface area contributed by atoms with E-state index >= 15 is 0 Å². The SMILES string of the molecule is Cc1ccc(F)c(NC2CCCc3ccc(O)cc32)c1F. The van der Waals surface area contributed by atoms with Crippen molar-refractivity contribution in [3.63, 3.8) is 0 Å². The Morgan fingerprint density at radius 1 is 1.19 bits per heavy atom. The first kappa shape index (κ1) is 13.9. The Kier molecular flexibility index (Phi) is 3.53. The van der Waals surface area contributed by atoms with Crippen molar-refractivity contribution in [2.75, 3.05) is 5.32 Å². The minimum absolute atomic E-state index is 0.0869. The number of phenolic OH excluding ortho intramolecular Hbond substituents is 1. The molecule has 0 saturated heterocycles. The zero-order chi connectivity index (χ0) is 15.0. The van der Waals surface area contributed by atoms with Gasteiger partial charge in [0.25, 0.3) is 0 Å². The molecule has 1 unspecified atom stereocenters. The Balaban J connectivity index is 1.98. The Morgan fingerprint density at radius 2 is 2.00 bits per heavy atom. The van der Waals surface area contributed by atoms with E-state index in [0.717, 1.165) is 30.4 Å². The van der Waals surface area contributed by atoms with Crippen molar-refractivity contribution in [2.45, 2.75) is 32.2 Å². The molecule has 2 nitrogen and oxygen atoms in total. The van der Waals surface area contributed by atoms with Crippen LogP contribution in [0.3, 0.4) is 0 Å². The molecule has 21 heavy (non-hydrogen) atoms. The van der Waals surface area contributed by atoms with Crippen LogP contribution in [0.5, 0.6) is 5.75 Å². The van der Waals surface area contributed by atoms with Crippen LogP contribution in [0.15, 0.2) is 30.3 Å². The molecule has 3 rings (SSSR count). The minimum Gasteiger partial charge on any atom is -0.508 e. The number of aryl methyl sites for hydroxylation is 2. The molecule has 2 aromatic carbocycles. The second-order valence-electron chi connectivity index (χ2n) is 5.53. The van der Waals surface area contributed by atoms with Crippen LogP contribution in [-0.2, 0) is 6.42 Å². The molecule has 1 aliphatic rings. The molecule has 0 fully saturated rings. The highest BCUT2D eigenvalue weighted by Crippen LogP contribution is 2.36. The molecule has 0 radical (unpaired) electrons. The quantitative estimate of drug-likeness (QED) is 0.855. The lowest BCUT2D eigenvalue weighted by Gasteiger charge is -2.28. The number of halogens is 2. The zero-order valence-electron chi connectivity index (χ0n) is 11.8. The van der Waals surface area contributed by atoms with Crippen LogP contribution in [0.2, 0.25) is 0 Å². The summed E-state index contributed by atoms with van der Waals surface area (Å²) in [5, 5.41) is 12.6. The predicted octanol–water partition coefficient (Wildman–Crippen LogP) is 4.47. The lowest BCUT2D eigenvalue weighted by molar-refractivity contribution is 0.471. The van der Waals surface area contributed by atoms with Crippen molar-refractivity contribution in [3.8, 4) is 5.75 Å². The molecule has 1 atom stereocenters. The smallest absolute Gasteiger partial charge is 0.152 e. The molecule has 0 aliphatic heterocycles. The summed E-state index contributed by atoms with van der Waals surface area (Å²) in [7, 11) is 0. The van der Waals surface area contributed by atoms with Crippen molar-refractivity contribution in [2.24, 2.45) is 0 Å². The van der Waals surface area contributed by atoms with E-state index in [9.17, 15) is 13.9 Å². The predicted molar refractivity (Wildman–Crippen MR) is 78.5 cm³/mol. The van der Waals surface area contributed by atoms with Gasteiger partial charge in [-0.05, 0) is 61.1 Å². The molecule has 0 amide bonds. The average molecular weight is 289 g/mol. The normalized spacial score (nSPS) is 17.4. The maximum atomic E-state index is 14.1. The van der Waals surface area contributed by atoms with Gasteiger partial charge >= 0.3 is 0 Å². The topological polar surface area (TPSA) is 32.3 Å². The van der Waals surface area contributed by atoms with Crippen LogP contribution in [-0.4, -0.2) is 5.11 Å². The van der Waals surface area contributed by atoms with Crippen LogP contribution in [0.4, 0.5) is 14.5 Å². The Morgan fingerprint density at radius 3 is 2.81 bits per heavy atom. The molecule has 0 spiro atoms. The molecule has 2 N–H and O–H groups in total. The minimum atomic E-state index is -0.592. The van der Waals surface area contributed by atoms with Gasteiger partial charge in [0.05, 0.1) is 6.04 Å². The van der Waals surface area contributed by atoms with Crippen molar-refractivity contribution in [3.05, 3.63) is 58.7 Å². The van der Waals surface area contributed by atoms with E-state index in [-0.39, 0.29) is 17.5 Å². The van der Waals surface area contributed by atoms with Gasteiger partial charge in [0.1, 0.15) is 17.3 Å².